The van der Waals surface area contributed by atoms with Crippen LogP contribution in [0.4, 0.5) is 0 Å². The van der Waals surface area contributed by atoms with Gasteiger partial charge in [0.15, 0.2) is 0 Å². The van der Waals surface area contributed by atoms with Crippen molar-refractivity contribution in [2.45, 2.75) is 25.0 Å². The van der Waals surface area contributed by atoms with Gasteiger partial charge < -0.3 is 19.7 Å². The fourth-order valence-corrected chi connectivity index (χ4v) is 3.19. The molecule has 5 nitrogen and oxygen atoms in total. The minimum Gasteiger partial charge on any atom is -0.489 e. The fraction of sp³-hybridized carbons (Fsp3) is 0.562. The Morgan fingerprint density at radius 2 is 2.17 bits per heavy atom. The zero-order valence-electron chi connectivity index (χ0n) is 13.2. The van der Waals surface area contributed by atoms with Crippen LogP contribution in [0.25, 0.3) is 0 Å². The summed E-state index contributed by atoms with van der Waals surface area (Å²) in [6.45, 7) is 3.27. The van der Waals surface area contributed by atoms with Gasteiger partial charge in [-0.25, -0.2) is 0 Å². The highest BCUT2D eigenvalue weighted by Crippen LogP contribution is 2.28. The standard InChI is InChI=1S/C16H20Cl2N2O3.ClH/c17-13-4-3-11(8-14(13)18)23-12-2-1-6-20(10-12)16(21)15-9-19-5-7-22-15;/h3-4,8,12,15,19H,1-2,5-7,9-10H2;1H. The third-order valence-electron chi connectivity index (χ3n) is 4.09. The zero-order valence-corrected chi connectivity index (χ0v) is 15.5. The fourth-order valence-electron chi connectivity index (χ4n) is 2.90. The Hall–Kier alpha value is -0.720. The lowest BCUT2D eigenvalue weighted by atomic mass is 10.1. The van der Waals surface area contributed by atoms with Gasteiger partial charge in [-0.3, -0.25) is 4.79 Å². The number of likely N-dealkylation sites (tertiary alicyclic amines) is 1. The molecule has 2 unspecified atom stereocenters. The number of hydrogen-bond acceptors (Lipinski definition) is 4. The minimum atomic E-state index is -0.382. The Labute approximate surface area is 158 Å². The van der Waals surface area contributed by atoms with Crippen LogP contribution in [0.2, 0.25) is 10.0 Å². The first-order valence-corrected chi connectivity index (χ1v) is 8.62. The van der Waals surface area contributed by atoms with Crippen molar-refractivity contribution in [1.82, 2.24) is 10.2 Å². The van der Waals surface area contributed by atoms with Gasteiger partial charge in [0.2, 0.25) is 0 Å². The number of carbonyl (C=O) groups excluding carboxylic acids is 1. The van der Waals surface area contributed by atoms with E-state index in [0.29, 0.717) is 35.5 Å². The van der Waals surface area contributed by atoms with Gasteiger partial charge in [-0.2, -0.15) is 0 Å². The maximum atomic E-state index is 12.5. The molecule has 2 atom stereocenters. The minimum absolute atomic E-state index is 0. The molecule has 0 radical (unpaired) electrons. The van der Waals surface area contributed by atoms with Crippen molar-refractivity contribution < 1.29 is 14.3 Å². The summed E-state index contributed by atoms with van der Waals surface area (Å²) in [5, 5.41) is 4.15. The maximum absolute atomic E-state index is 12.5. The molecular weight excluding hydrogens is 375 g/mol. The summed E-state index contributed by atoms with van der Waals surface area (Å²) in [6.07, 6.45) is 1.40. The van der Waals surface area contributed by atoms with Crippen LogP contribution >= 0.6 is 35.6 Å². The van der Waals surface area contributed by atoms with E-state index in [2.05, 4.69) is 5.32 Å². The summed E-state index contributed by atoms with van der Waals surface area (Å²) in [7, 11) is 0. The van der Waals surface area contributed by atoms with Crippen LogP contribution < -0.4 is 10.1 Å². The number of hydrogen-bond donors (Lipinski definition) is 1. The maximum Gasteiger partial charge on any atom is 0.253 e. The topological polar surface area (TPSA) is 50.8 Å². The predicted octanol–water partition coefficient (Wildman–Crippen LogP) is 2.77. The van der Waals surface area contributed by atoms with Gasteiger partial charge >= 0.3 is 0 Å². The van der Waals surface area contributed by atoms with Crippen LogP contribution in [0.1, 0.15) is 12.8 Å². The van der Waals surface area contributed by atoms with Gasteiger partial charge in [0.1, 0.15) is 18.0 Å². The SMILES string of the molecule is Cl.O=C(C1CNCCO1)N1CCCC(Oc2ccc(Cl)c(Cl)c2)C1. The van der Waals surface area contributed by atoms with E-state index >= 15 is 0 Å². The lowest BCUT2D eigenvalue weighted by Gasteiger charge is -2.35. The molecule has 24 heavy (non-hydrogen) atoms. The van der Waals surface area contributed by atoms with Crippen molar-refractivity contribution in [3.05, 3.63) is 28.2 Å². The number of piperidine rings is 1. The normalized spacial score (nSPS) is 24.2. The number of carbonyl (C=O) groups is 1. The molecule has 0 spiro atoms. The molecule has 8 heteroatoms. The summed E-state index contributed by atoms with van der Waals surface area (Å²) < 4.78 is 11.5. The molecule has 2 fully saturated rings. The second-order valence-electron chi connectivity index (χ2n) is 5.81. The van der Waals surface area contributed by atoms with E-state index in [-0.39, 0.29) is 30.5 Å². The third-order valence-corrected chi connectivity index (χ3v) is 4.83. The summed E-state index contributed by atoms with van der Waals surface area (Å²) >= 11 is 11.9. The van der Waals surface area contributed by atoms with E-state index in [4.69, 9.17) is 32.7 Å². The number of nitrogens with zero attached hydrogens (tertiary/aromatic N) is 1. The van der Waals surface area contributed by atoms with E-state index in [1.807, 2.05) is 4.90 Å². The van der Waals surface area contributed by atoms with Gasteiger partial charge in [-0.1, -0.05) is 23.2 Å². The molecule has 2 aliphatic rings. The summed E-state index contributed by atoms with van der Waals surface area (Å²) in [5.74, 6) is 0.717. The Balaban J connectivity index is 0.00000208. The first-order valence-electron chi connectivity index (χ1n) is 7.86. The van der Waals surface area contributed by atoms with Gasteiger partial charge in [-0.15, -0.1) is 12.4 Å². The summed E-state index contributed by atoms with van der Waals surface area (Å²) in [6, 6.07) is 5.22. The lowest BCUT2D eigenvalue weighted by Crippen LogP contribution is -2.53. The smallest absolute Gasteiger partial charge is 0.253 e. The van der Waals surface area contributed by atoms with Crippen molar-refractivity contribution >= 4 is 41.5 Å². The van der Waals surface area contributed by atoms with E-state index in [9.17, 15) is 4.79 Å². The van der Waals surface area contributed by atoms with Crippen LogP contribution in [0, 0.1) is 0 Å². The van der Waals surface area contributed by atoms with Crippen LogP contribution in [-0.4, -0.2) is 55.8 Å². The Bertz CT molecular complexity index is 567. The van der Waals surface area contributed by atoms with Crippen molar-refractivity contribution in [3.63, 3.8) is 0 Å². The average Bonchev–Trinajstić information content (AvgIpc) is 2.58. The lowest BCUT2D eigenvalue weighted by molar-refractivity contribution is -0.147. The number of nitrogens with one attached hydrogen (secondary N) is 1. The van der Waals surface area contributed by atoms with E-state index in [1.54, 1.807) is 18.2 Å². The molecule has 0 saturated carbocycles. The molecule has 0 bridgehead atoms. The molecule has 134 valence electrons. The van der Waals surface area contributed by atoms with E-state index in [1.165, 1.54) is 0 Å². The second-order valence-corrected chi connectivity index (χ2v) is 6.62. The predicted molar refractivity (Wildman–Crippen MR) is 96.5 cm³/mol. The molecule has 2 aliphatic heterocycles. The van der Waals surface area contributed by atoms with E-state index < -0.39 is 0 Å². The van der Waals surface area contributed by atoms with Crippen molar-refractivity contribution in [3.8, 4) is 5.75 Å². The van der Waals surface area contributed by atoms with Gasteiger partial charge in [0.05, 0.1) is 23.2 Å². The second kappa shape index (κ2) is 9.11. The Morgan fingerprint density at radius 1 is 1.33 bits per heavy atom. The number of ether oxygens (including phenoxy) is 2. The van der Waals surface area contributed by atoms with Crippen molar-refractivity contribution in [2.75, 3.05) is 32.8 Å². The number of amides is 1. The number of benzene rings is 1. The number of rotatable bonds is 3. The van der Waals surface area contributed by atoms with Gasteiger partial charge in [-0.05, 0) is 25.0 Å². The average molecular weight is 396 g/mol. The third kappa shape index (κ3) is 4.90. The highest BCUT2D eigenvalue weighted by molar-refractivity contribution is 6.42. The molecule has 1 aromatic rings. The van der Waals surface area contributed by atoms with Gasteiger partial charge in [0, 0.05) is 25.7 Å². The summed E-state index contributed by atoms with van der Waals surface area (Å²) in [4.78, 5) is 14.4. The molecule has 0 aromatic heterocycles. The first-order chi connectivity index (χ1) is 11.1. The van der Waals surface area contributed by atoms with Crippen LogP contribution in [-0.2, 0) is 9.53 Å². The van der Waals surface area contributed by atoms with Crippen LogP contribution in [0.5, 0.6) is 5.75 Å². The quantitative estimate of drug-likeness (QED) is 0.855. The zero-order chi connectivity index (χ0) is 16.2. The van der Waals surface area contributed by atoms with Crippen LogP contribution in [0.15, 0.2) is 18.2 Å². The van der Waals surface area contributed by atoms with Crippen molar-refractivity contribution in [2.24, 2.45) is 0 Å². The largest absolute Gasteiger partial charge is 0.489 e. The molecule has 3 rings (SSSR count). The Morgan fingerprint density at radius 3 is 2.88 bits per heavy atom. The monoisotopic (exact) mass is 394 g/mol. The molecule has 2 heterocycles. The molecular formula is C16H21Cl3N2O3. The number of morpholine rings is 1. The van der Waals surface area contributed by atoms with E-state index in [0.717, 1.165) is 25.9 Å². The molecule has 1 N–H and O–H groups in total. The Kier molecular flexibility index (Phi) is 7.44. The number of halogens is 3. The van der Waals surface area contributed by atoms with Crippen LogP contribution in [0.3, 0.4) is 0 Å². The summed E-state index contributed by atoms with van der Waals surface area (Å²) in [5.41, 5.74) is 0. The van der Waals surface area contributed by atoms with Gasteiger partial charge in [0.25, 0.3) is 5.91 Å². The first kappa shape index (κ1) is 19.6. The molecule has 1 amide bonds. The highest BCUT2D eigenvalue weighted by Gasteiger charge is 2.31. The van der Waals surface area contributed by atoms with Crippen molar-refractivity contribution in [1.29, 1.82) is 0 Å². The molecule has 1 aromatic carbocycles. The highest BCUT2D eigenvalue weighted by atomic mass is 35.5. The molecule has 0 aliphatic carbocycles. The molecule has 2 saturated heterocycles.